The van der Waals surface area contributed by atoms with Gasteiger partial charge < -0.3 is 19.5 Å². The largest absolute Gasteiger partial charge is 0.507 e. The molecular weight excluding hydrogens is 394 g/mol. The number of ether oxygens (including phenoxy) is 2. The highest BCUT2D eigenvalue weighted by Crippen LogP contribution is 2.40. The topological polar surface area (TPSA) is 76.1 Å². The molecule has 6 heteroatoms. The fourth-order valence-electron chi connectivity index (χ4n) is 3.85. The molecular formula is C25H29NO5. The van der Waals surface area contributed by atoms with Crippen molar-refractivity contribution in [3.8, 4) is 11.5 Å². The SMILES string of the molecule is CCCOc1ccc(C2/C(=C(/O)c3ccc(OC)c(C)c3)C(=O)C(=O)N2CCC)cc1. The first-order chi connectivity index (χ1) is 14.9. The average Bonchev–Trinajstić information content (AvgIpc) is 3.02. The number of methoxy groups -OCH3 is 1. The van der Waals surface area contributed by atoms with Crippen LogP contribution in [-0.4, -0.2) is 42.0 Å². The van der Waals surface area contributed by atoms with Crippen LogP contribution in [0.25, 0.3) is 5.76 Å². The first-order valence-electron chi connectivity index (χ1n) is 10.6. The predicted molar refractivity (Wildman–Crippen MR) is 119 cm³/mol. The van der Waals surface area contributed by atoms with Gasteiger partial charge in [-0.15, -0.1) is 0 Å². The summed E-state index contributed by atoms with van der Waals surface area (Å²) in [7, 11) is 1.58. The summed E-state index contributed by atoms with van der Waals surface area (Å²) in [5.41, 5.74) is 2.15. The van der Waals surface area contributed by atoms with Gasteiger partial charge in [0.2, 0.25) is 0 Å². The smallest absolute Gasteiger partial charge is 0.295 e. The zero-order valence-electron chi connectivity index (χ0n) is 18.5. The van der Waals surface area contributed by atoms with Crippen LogP contribution in [0.2, 0.25) is 0 Å². The third-order valence-corrected chi connectivity index (χ3v) is 5.34. The molecule has 31 heavy (non-hydrogen) atoms. The molecule has 0 spiro atoms. The minimum absolute atomic E-state index is 0.102. The number of aryl methyl sites for hydroxylation is 1. The van der Waals surface area contributed by atoms with Gasteiger partial charge in [0.25, 0.3) is 11.7 Å². The zero-order chi connectivity index (χ0) is 22.5. The van der Waals surface area contributed by atoms with E-state index in [2.05, 4.69) is 0 Å². The van der Waals surface area contributed by atoms with E-state index in [4.69, 9.17) is 9.47 Å². The van der Waals surface area contributed by atoms with E-state index >= 15 is 0 Å². The lowest BCUT2D eigenvalue weighted by atomic mass is 9.94. The Morgan fingerprint density at radius 1 is 1.06 bits per heavy atom. The number of likely N-dealkylation sites (tertiary alicyclic amines) is 1. The number of ketones is 1. The Hall–Kier alpha value is -3.28. The van der Waals surface area contributed by atoms with Gasteiger partial charge in [-0.1, -0.05) is 26.0 Å². The summed E-state index contributed by atoms with van der Waals surface area (Å²) in [5.74, 6) is -0.0364. The van der Waals surface area contributed by atoms with Crippen LogP contribution in [0.1, 0.15) is 49.4 Å². The second-order valence-corrected chi connectivity index (χ2v) is 7.59. The van der Waals surface area contributed by atoms with E-state index in [1.54, 1.807) is 25.3 Å². The highest BCUT2D eigenvalue weighted by atomic mass is 16.5. The quantitative estimate of drug-likeness (QED) is 0.381. The molecule has 2 aromatic carbocycles. The number of Topliss-reactive ketones (excluding diaryl/α,β-unsaturated/α-hetero) is 1. The van der Waals surface area contributed by atoms with Crippen molar-refractivity contribution in [2.45, 2.75) is 39.7 Å². The van der Waals surface area contributed by atoms with Crippen LogP contribution in [0.5, 0.6) is 11.5 Å². The van der Waals surface area contributed by atoms with E-state index in [0.717, 1.165) is 23.3 Å². The van der Waals surface area contributed by atoms with Gasteiger partial charge in [0, 0.05) is 12.1 Å². The highest BCUT2D eigenvalue weighted by Gasteiger charge is 2.45. The van der Waals surface area contributed by atoms with Gasteiger partial charge in [0.05, 0.1) is 25.3 Å². The third kappa shape index (κ3) is 4.43. The minimum Gasteiger partial charge on any atom is -0.507 e. The fourth-order valence-corrected chi connectivity index (χ4v) is 3.85. The van der Waals surface area contributed by atoms with Crippen LogP contribution < -0.4 is 9.47 Å². The monoisotopic (exact) mass is 423 g/mol. The van der Waals surface area contributed by atoms with Crippen LogP contribution in [-0.2, 0) is 9.59 Å². The van der Waals surface area contributed by atoms with Crippen LogP contribution in [0.4, 0.5) is 0 Å². The van der Waals surface area contributed by atoms with E-state index in [1.807, 2.05) is 45.0 Å². The van der Waals surface area contributed by atoms with Crippen molar-refractivity contribution >= 4 is 17.4 Å². The summed E-state index contributed by atoms with van der Waals surface area (Å²) < 4.78 is 10.9. The standard InChI is InChI=1S/C25H29NO5/c1-5-13-26-22(17-7-10-19(11-8-17)31-14-6-2)21(24(28)25(26)29)23(27)18-9-12-20(30-4)16(3)15-18/h7-12,15,22,27H,5-6,13-14H2,1-4H3/b23-21-. The first kappa shape index (κ1) is 22.4. The Balaban J connectivity index is 2.09. The second-order valence-electron chi connectivity index (χ2n) is 7.59. The van der Waals surface area contributed by atoms with Crippen molar-refractivity contribution in [1.29, 1.82) is 0 Å². The molecule has 1 heterocycles. The summed E-state index contributed by atoms with van der Waals surface area (Å²) in [5, 5.41) is 11.1. The molecule has 1 aliphatic rings. The molecule has 1 saturated heterocycles. The van der Waals surface area contributed by atoms with E-state index in [-0.39, 0.29) is 11.3 Å². The average molecular weight is 424 g/mol. The second kappa shape index (κ2) is 9.69. The number of carbonyl (C=O) groups is 2. The van der Waals surface area contributed by atoms with Crippen LogP contribution in [0, 0.1) is 6.92 Å². The third-order valence-electron chi connectivity index (χ3n) is 5.34. The molecule has 1 amide bonds. The molecule has 164 valence electrons. The molecule has 0 radical (unpaired) electrons. The zero-order valence-corrected chi connectivity index (χ0v) is 18.5. The number of rotatable bonds is 8. The van der Waals surface area contributed by atoms with Crippen molar-refractivity contribution in [2.75, 3.05) is 20.3 Å². The lowest BCUT2D eigenvalue weighted by molar-refractivity contribution is -0.139. The van der Waals surface area contributed by atoms with Crippen molar-refractivity contribution in [3.63, 3.8) is 0 Å². The lowest BCUT2D eigenvalue weighted by Gasteiger charge is -2.25. The van der Waals surface area contributed by atoms with Gasteiger partial charge in [-0.05, 0) is 61.2 Å². The Labute approximate surface area is 183 Å². The lowest BCUT2D eigenvalue weighted by Crippen LogP contribution is -2.30. The molecule has 1 fully saturated rings. The first-order valence-corrected chi connectivity index (χ1v) is 10.6. The van der Waals surface area contributed by atoms with Gasteiger partial charge in [0.15, 0.2) is 0 Å². The highest BCUT2D eigenvalue weighted by molar-refractivity contribution is 6.46. The summed E-state index contributed by atoms with van der Waals surface area (Å²) in [6, 6.07) is 11.9. The molecule has 0 bridgehead atoms. The Morgan fingerprint density at radius 2 is 1.77 bits per heavy atom. The van der Waals surface area contributed by atoms with Crippen LogP contribution >= 0.6 is 0 Å². The summed E-state index contributed by atoms with van der Waals surface area (Å²) in [6.07, 6.45) is 1.60. The molecule has 1 unspecified atom stereocenters. The van der Waals surface area contributed by atoms with Gasteiger partial charge in [-0.2, -0.15) is 0 Å². The van der Waals surface area contributed by atoms with Crippen molar-refractivity contribution in [3.05, 3.63) is 64.7 Å². The number of hydrogen-bond acceptors (Lipinski definition) is 5. The van der Waals surface area contributed by atoms with E-state index < -0.39 is 17.7 Å². The summed E-state index contributed by atoms with van der Waals surface area (Å²) in [6.45, 7) is 6.88. The van der Waals surface area contributed by atoms with E-state index in [1.165, 1.54) is 4.90 Å². The van der Waals surface area contributed by atoms with Gasteiger partial charge >= 0.3 is 0 Å². The van der Waals surface area contributed by atoms with Gasteiger partial charge in [-0.25, -0.2) is 0 Å². The summed E-state index contributed by atoms with van der Waals surface area (Å²) >= 11 is 0. The van der Waals surface area contributed by atoms with Crippen LogP contribution in [0.15, 0.2) is 48.0 Å². The maximum absolute atomic E-state index is 12.9. The number of aliphatic hydroxyl groups is 1. The number of hydrogen-bond donors (Lipinski definition) is 1. The molecule has 0 saturated carbocycles. The van der Waals surface area contributed by atoms with Crippen LogP contribution in [0.3, 0.4) is 0 Å². The fraction of sp³-hybridized carbons (Fsp3) is 0.360. The number of amides is 1. The van der Waals surface area contributed by atoms with Crippen molar-refractivity contribution in [2.24, 2.45) is 0 Å². The van der Waals surface area contributed by atoms with Gasteiger partial charge in [0.1, 0.15) is 17.3 Å². The molecule has 2 aromatic rings. The molecule has 0 aromatic heterocycles. The predicted octanol–water partition coefficient (Wildman–Crippen LogP) is 4.62. The Morgan fingerprint density at radius 3 is 2.35 bits per heavy atom. The Kier molecular flexibility index (Phi) is 7.00. The van der Waals surface area contributed by atoms with Crippen molar-refractivity contribution < 1.29 is 24.2 Å². The van der Waals surface area contributed by atoms with E-state index in [9.17, 15) is 14.7 Å². The molecule has 6 nitrogen and oxygen atoms in total. The molecule has 1 aliphatic heterocycles. The number of aliphatic hydroxyl groups excluding tert-OH is 1. The maximum atomic E-state index is 12.9. The van der Waals surface area contributed by atoms with E-state index in [0.29, 0.717) is 30.9 Å². The molecule has 0 aliphatic carbocycles. The van der Waals surface area contributed by atoms with Crippen molar-refractivity contribution in [1.82, 2.24) is 4.90 Å². The minimum atomic E-state index is -0.671. The molecule has 3 rings (SSSR count). The number of nitrogens with zero attached hydrogens (tertiary/aromatic N) is 1. The van der Waals surface area contributed by atoms with Gasteiger partial charge in [-0.3, -0.25) is 9.59 Å². The summed E-state index contributed by atoms with van der Waals surface area (Å²) in [4.78, 5) is 27.3. The maximum Gasteiger partial charge on any atom is 0.295 e. The molecule has 1 atom stereocenters. The number of carbonyl (C=O) groups excluding carboxylic acids is 2. The Bertz CT molecular complexity index is 993. The normalized spacial score (nSPS) is 17.8. The number of benzene rings is 2. The molecule has 1 N–H and O–H groups in total.